The van der Waals surface area contributed by atoms with Gasteiger partial charge in [-0.05, 0) is 51.2 Å². The molecule has 3 amide bonds. The first-order valence-electron chi connectivity index (χ1n) is 17.2. The zero-order chi connectivity index (χ0) is 35.5. The molecular weight excluding hydrogens is 622 g/mol. The predicted molar refractivity (Wildman–Crippen MR) is 185 cm³/mol. The highest BCUT2D eigenvalue weighted by atomic mass is 16.6. The Kier molecular flexibility index (Phi) is 11.1. The molecule has 3 saturated heterocycles. The van der Waals surface area contributed by atoms with Crippen molar-refractivity contribution >= 4 is 23.7 Å². The van der Waals surface area contributed by atoms with Crippen LogP contribution < -0.4 is 0 Å². The van der Waals surface area contributed by atoms with E-state index in [1.807, 2.05) is 81.4 Å². The average Bonchev–Trinajstić information content (AvgIpc) is 3.76. The maximum Gasteiger partial charge on any atom is 0.313 e. The summed E-state index contributed by atoms with van der Waals surface area (Å²) in [4.78, 5) is 61.6. The molecule has 262 valence electrons. The van der Waals surface area contributed by atoms with Crippen molar-refractivity contribution in [3.8, 4) is 0 Å². The van der Waals surface area contributed by atoms with Gasteiger partial charge >= 0.3 is 5.97 Å². The molecule has 3 aliphatic heterocycles. The minimum Gasteiger partial charge on any atom is -0.455 e. The molecular formula is C39H49N3O7. The molecule has 49 heavy (non-hydrogen) atoms. The molecule has 0 radical (unpaired) electrons. The van der Waals surface area contributed by atoms with E-state index in [2.05, 4.69) is 13.2 Å². The summed E-state index contributed by atoms with van der Waals surface area (Å²) in [7, 11) is 1.69. The predicted octanol–water partition coefficient (Wildman–Crippen LogP) is 4.62. The lowest BCUT2D eigenvalue weighted by Gasteiger charge is -2.40. The third kappa shape index (κ3) is 6.56. The van der Waals surface area contributed by atoms with Crippen molar-refractivity contribution < 1.29 is 33.8 Å². The number of ether oxygens (including phenoxy) is 2. The normalized spacial score (nSPS) is 25.8. The van der Waals surface area contributed by atoms with Crippen LogP contribution >= 0.6 is 0 Å². The maximum atomic E-state index is 14.8. The number of aliphatic hydroxyl groups is 1. The molecule has 0 aromatic heterocycles. The van der Waals surface area contributed by atoms with Crippen molar-refractivity contribution in [3.05, 3.63) is 97.1 Å². The summed E-state index contributed by atoms with van der Waals surface area (Å²) in [5.74, 6) is -3.44. The fraction of sp³-hybridized carbons (Fsp3) is 0.487. The maximum absolute atomic E-state index is 14.8. The summed E-state index contributed by atoms with van der Waals surface area (Å²) in [5.41, 5.74) is 0.0899. The van der Waals surface area contributed by atoms with Crippen molar-refractivity contribution in [2.75, 3.05) is 20.2 Å². The first-order valence-corrected chi connectivity index (χ1v) is 17.2. The van der Waals surface area contributed by atoms with E-state index in [-0.39, 0.29) is 30.8 Å². The summed E-state index contributed by atoms with van der Waals surface area (Å²) in [6, 6.07) is 15.7. The second kappa shape index (κ2) is 15.1. The quantitative estimate of drug-likeness (QED) is 0.217. The number of amides is 3. The summed E-state index contributed by atoms with van der Waals surface area (Å²) in [6.45, 7) is 13.0. The van der Waals surface area contributed by atoms with Crippen LogP contribution in [0.4, 0.5) is 0 Å². The first kappa shape index (κ1) is 36.0. The highest BCUT2D eigenvalue weighted by Crippen LogP contribution is 2.60. The summed E-state index contributed by atoms with van der Waals surface area (Å²) in [5, 5.41) is 10.8. The lowest BCUT2D eigenvalue weighted by molar-refractivity contribution is -0.165. The Morgan fingerprint density at radius 2 is 1.67 bits per heavy atom. The van der Waals surface area contributed by atoms with Crippen molar-refractivity contribution in [2.45, 2.75) is 88.4 Å². The Morgan fingerprint density at radius 3 is 2.24 bits per heavy atom. The molecule has 3 heterocycles. The Labute approximate surface area is 289 Å². The molecule has 3 fully saturated rings. The van der Waals surface area contributed by atoms with E-state index in [4.69, 9.17) is 9.47 Å². The molecule has 1 N–H and O–H groups in total. The summed E-state index contributed by atoms with van der Waals surface area (Å²) < 4.78 is 13.0. The summed E-state index contributed by atoms with van der Waals surface area (Å²) >= 11 is 0. The Balaban J connectivity index is 1.54. The number of likely N-dealkylation sites (tertiary alicyclic amines) is 1. The Bertz CT molecular complexity index is 1530. The number of fused-ring (bicyclic) bond motifs is 1. The van der Waals surface area contributed by atoms with Crippen LogP contribution in [-0.4, -0.2) is 93.5 Å². The molecule has 3 aliphatic rings. The summed E-state index contributed by atoms with van der Waals surface area (Å²) in [6.07, 6.45) is 3.53. The highest BCUT2D eigenvalue weighted by molar-refractivity contribution is 5.98. The number of hydrogen-bond acceptors (Lipinski definition) is 7. The molecule has 0 aliphatic carbocycles. The number of rotatable bonds is 15. The van der Waals surface area contributed by atoms with Crippen LogP contribution in [0.5, 0.6) is 0 Å². The third-order valence-corrected chi connectivity index (χ3v) is 10.5. The molecule has 2 aromatic rings. The molecule has 1 spiro atoms. The van der Waals surface area contributed by atoms with Gasteiger partial charge in [-0.3, -0.25) is 19.2 Å². The van der Waals surface area contributed by atoms with E-state index in [1.54, 1.807) is 29.0 Å². The second-order valence-corrected chi connectivity index (χ2v) is 13.6. The van der Waals surface area contributed by atoms with E-state index < -0.39 is 66.3 Å². The van der Waals surface area contributed by atoms with E-state index in [1.165, 1.54) is 4.90 Å². The van der Waals surface area contributed by atoms with Crippen molar-refractivity contribution in [3.63, 3.8) is 0 Å². The number of allylic oxidation sites excluding steroid dienone is 1. The van der Waals surface area contributed by atoms with Crippen molar-refractivity contribution in [1.82, 2.24) is 14.7 Å². The van der Waals surface area contributed by atoms with E-state index >= 15 is 0 Å². The third-order valence-electron chi connectivity index (χ3n) is 10.5. The van der Waals surface area contributed by atoms with Crippen molar-refractivity contribution in [2.24, 2.45) is 11.8 Å². The lowest BCUT2D eigenvalue weighted by Crippen LogP contribution is -2.58. The largest absolute Gasteiger partial charge is 0.455 e. The van der Waals surface area contributed by atoms with E-state index in [9.17, 15) is 24.3 Å². The molecule has 2 bridgehead atoms. The molecule has 10 nitrogen and oxygen atoms in total. The van der Waals surface area contributed by atoms with Gasteiger partial charge in [-0.2, -0.15) is 0 Å². The topological polar surface area (TPSA) is 117 Å². The van der Waals surface area contributed by atoms with Crippen LogP contribution in [-0.2, 0) is 28.7 Å². The highest BCUT2D eigenvalue weighted by Gasteiger charge is 2.76. The zero-order valence-electron chi connectivity index (χ0n) is 28.9. The van der Waals surface area contributed by atoms with Gasteiger partial charge in [0.25, 0.3) is 0 Å². The minimum atomic E-state index is -1.29. The number of likely N-dealkylation sites (N-methyl/N-ethyl adjacent to an activating group) is 1. The van der Waals surface area contributed by atoms with Gasteiger partial charge < -0.3 is 29.3 Å². The Hall–Kier alpha value is -4.28. The number of hydrogen-bond donors (Lipinski definition) is 1. The second-order valence-electron chi connectivity index (χ2n) is 13.6. The molecule has 8 atom stereocenters. The fourth-order valence-electron chi connectivity index (χ4n) is 7.98. The Morgan fingerprint density at radius 1 is 1.04 bits per heavy atom. The minimum absolute atomic E-state index is 0.111. The van der Waals surface area contributed by atoms with Crippen LogP contribution in [0.25, 0.3) is 0 Å². The number of nitrogens with zero attached hydrogens (tertiary/aromatic N) is 3. The molecule has 0 unspecified atom stereocenters. The van der Waals surface area contributed by atoms with E-state index in [0.717, 1.165) is 0 Å². The fourth-order valence-corrected chi connectivity index (χ4v) is 7.98. The van der Waals surface area contributed by atoms with Gasteiger partial charge in [-0.25, -0.2) is 0 Å². The van der Waals surface area contributed by atoms with Crippen LogP contribution in [0.2, 0.25) is 0 Å². The van der Waals surface area contributed by atoms with E-state index in [0.29, 0.717) is 30.4 Å². The zero-order valence-corrected chi connectivity index (χ0v) is 28.9. The van der Waals surface area contributed by atoms with Gasteiger partial charge in [0, 0.05) is 26.1 Å². The number of benzene rings is 2. The van der Waals surface area contributed by atoms with Gasteiger partial charge in [0.1, 0.15) is 17.7 Å². The van der Waals surface area contributed by atoms with Gasteiger partial charge in [0.2, 0.25) is 17.7 Å². The first-order chi connectivity index (χ1) is 23.5. The number of carbonyl (C=O) groups excluding carboxylic acids is 4. The SMILES string of the molecule is C=CCCC(=O)N(C)[C@H](C)[C@H](OC(=O)[C@@H]1[C@H]2C(=O)N([C@H](CO)c3ccccc3)[C@H](C(=O)N(CC=C)C(C)C)[C@]23CC[C@H]1O3)c1ccccc1. The standard InChI is InChI=1S/C39H49N3O7/c1-7-9-20-31(44)40(6)26(5)34(28-18-14-11-15-19-28)48-38(47)32-30-21-22-39(49-30)33(32)36(45)42(29(24-43)27-16-12-10-13-17-27)35(39)37(46)41(23-8-2)25(3)4/h7-8,10-19,25-26,29-30,32-35,43H,1-2,9,20-24H2,3-6H3/t26-,29-,30-,32+,33+,34+,35-,39+/m1/s1. The monoisotopic (exact) mass is 671 g/mol. The number of aliphatic hydroxyl groups excluding tert-OH is 1. The van der Waals surface area contributed by atoms with Crippen LogP contribution in [0, 0.1) is 11.8 Å². The van der Waals surface area contributed by atoms with Gasteiger partial charge in [-0.15, -0.1) is 13.2 Å². The van der Waals surface area contributed by atoms with Crippen LogP contribution in [0.1, 0.15) is 69.7 Å². The lowest BCUT2D eigenvalue weighted by atomic mass is 9.70. The number of esters is 1. The molecule has 2 aromatic carbocycles. The van der Waals surface area contributed by atoms with Gasteiger partial charge in [0.15, 0.2) is 0 Å². The van der Waals surface area contributed by atoms with Gasteiger partial charge in [0.05, 0.1) is 36.6 Å². The average molecular weight is 672 g/mol. The smallest absolute Gasteiger partial charge is 0.313 e. The van der Waals surface area contributed by atoms with Crippen LogP contribution in [0.15, 0.2) is 86.0 Å². The molecule has 0 saturated carbocycles. The molecule has 5 rings (SSSR count). The molecule has 10 heteroatoms. The van der Waals surface area contributed by atoms with Gasteiger partial charge in [-0.1, -0.05) is 72.8 Å². The number of carbonyl (C=O) groups is 4. The van der Waals surface area contributed by atoms with Crippen LogP contribution in [0.3, 0.4) is 0 Å². The van der Waals surface area contributed by atoms with Crippen molar-refractivity contribution in [1.29, 1.82) is 0 Å².